The minimum Gasteiger partial charge on any atom is -0.488 e. The van der Waals surface area contributed by atoms with Crippen LogP contribution in [0.1, 0.15) is 24.1 Å². The number of nitrogens with two attached hydrogens (primary N) is 1. The third-order valence-electron chi connectivity index (χ3n) is 2.86. The molecule has 0 saturated heterocycles. The van der Waals surface area contributed by atoms with Gasteiger partial charge in [0, 0.05) is 27.7 Å². The number of benzene rings is 2. The minimum absolute atomic E-state index is 0.0162. The Kier molecular flexibility index (Phi) is 4.73. The van der Waals surface area contributed by atoms with E-state index in [0.717, 1.165) is 0 Å². The van der Waals surface area contributed by atoms with E-state index < -0.39 is 5.82 Å². The highest BCUT2D eigenvalue weighted by atomic mass is 79.9. The molecule has 0 aliphatic carbocycles. The summed E-state index contributed by atoms with van der Waals surface area (Å²) in [6, 6.07) is 8.57. The van der Waals surface area contributed by atoms with E-state index in [1.807, 2.05) is 0 Å². The molecular formula is C15H14BrF2NO. The first-order valence-electron chi connectivity index (χ1n) is 6.09. The molecule has 1 unspecified atom stereocenters. The van der Waals surface area contributed by atoms with Crippen LogP contribution in [-0.4, -0.2) is 0 Å². The van der Waals surface area contributed by atoms with Crippen LogP contribution < -0.4 is 10.5 Å². The van der Waals surface area contributed by atoms with Gasteiger partial charge in [-0.2, -0.15) is 0 Å². The molecule has 0 aromatic heterocycles. The van der Waals surface area contributed by atoms with Gasteiger partial charge in [-0.15, -0.1) is 0 Å². The van der Waals surface area contributed by atoms with Crippen molar-refractivity contribution in [2.24, 2.45) is 5.73 Å². The van der Waals surface area contributed by atoms with Crippen molar-refractivity contribution in [1.82, 2.24) is 0 Å². The maximum Gasteiger partial charge on any atom is 0.130 e. The summed E-state index contributed by atoms with van der Waals surface area (Å²) in [5.41, 5.74) is 6.88. The molecule has 0 saturated carbocycles. The molecule has 5 heteroatoms. The number of halogens is 3. The smallest absolute Gasteiger partial charge is 0.130 e. The normalized spacial score (nSPS) is 12.2. The summed E-state index contributed by atoms with van der Waals surface area (Å²) in [6.07, 6.45) is 0. The summed E-state index contributed by atoms with van der Waals surface area (Å²) >= 11 is 3.19. The van der Waals surface area contributed by atoms with Gasteiger partial charge in [-0.25, -0.2) is 8.78 Å². The van der Waals surface area contributed by atoms with E-state index in [-0.39, 0.29) is 18.5 Å². The van der Waals surface area contributed by atoms with Crippen LogP contribution in [0, 0.1) is 11.6 Å². The molecule has 2 nitrogen and oxygen atoms in total. The Labute approximate surface area is 124 Å². The first-order chi connectivity index (χ1) is 9.47. The Morgan fingerprint density at radius 1 is 1.20 bits per heavy atom. The second-order valence-electron chi connectivity index (χ2n) is 4.50. The topological polar surface area (TPSA) is 35.2 Å². The number of hydrogen-bond donors (Lipinski definition) is 1. The van der Waals surface area contributed by atoms with Gasteiger partial charge in [-0.1, -0.05) is 28.1 Å². The average molecular weight is 342 g/mol. The molecule has 0 heterocycles. The highest BCUT2D eigenvalue weighted by Crippen LogP contribution is 2.26. The van der Waals surface area contributed by atoms with E-state index in [4.69, 9.17) is 10.5 Å². The summed E-state index contributed by atoms with van der Waals surface area (Å²) < 4.78 is 33.1. The van der Waals surface area contributed by atoms with Gasteiger partial charge in [0.2, 0.25) is 0 Å². The molecule has 20 heavy (non-hydrogen) atoms. The lowest BCUT2D eigenvalue weighted by Crippen LogP contribution is -2.09. The summed E-state index contributed by atoms with van der Waals surface area (Å²) in [7, 11) is 0. The Balaban J connectivity index is 2.20. The predicted molar refractivity (Wildman–Crippen MR) is 77.4 cm³/mol. The summed E-state index contributed by atoms with van der Waals surface area (Å²) in [5.74, 6) is -0.457. The third kappa shape index (κ3) is 3.55. The van der Waals surface area contributed by atoms with Crippen molar-refractivity contribution < 1.29 is 13.5 Å². The van der Waals surface area contributed by atoms with Gasteiger partial charge in [0.15, 0.2) is 0 Å². The van der Waals surface area contributed by atoms with Crippen molar-refractivity contribution in [3.05, 3.63) is 63.6 Å². The van der Waals surface area contributed by atoms with Crippen molar-refractivity contribution in [1.29, 1.82) is 0 Å². The van der Waals surface area contributed by atoms with Gasteiger partial charge in [0.05, 0.1) is 0 Å². The molecule has 0 bridgehead atoms. The Hall–Kier alpha value is -1.46. The van der Waals surface area contributed by atoms with E-state index in [1.165, 1.54) is 18.2 Å². The molecule has 0 aliphatic rings. The van der Waals surface area contributed by atoms with Crippen molar-refractivity contribution in [3.8, 4) is 5.75 Å². The molecular weight excluding hydrogens is 328 g/mol. The fourth-order valence-corrected chi connectivity index (χ4v) is 2.14. The molecule has 0 aliphatic heterocycles. The van der Waals surface area contributed by atoms with Crippen molar-refractivity contribution in [3.63, 3.8) is 0 Å². The van der Waals surface area contributed by atoms with Gasteiger partial charge in [-0.05, 0) is 25.1 Å². The van der Waals surface area contributed by atoms with Crippen molar-refractivity contribution in [2.75, 3.05) is 0 Å². The lowest BCUT2D eigenvalue weighted by atomic mass is 10.1. The van der Waals surface area contributed by atoms with Crippen LogP contribution in [0.15, 0.2) is 40.9 Å². The largest absolute Gasteiger partial charge is 0.488 e. The van der Waals surface area contributed by atoms with Crippen LogP contribution in [0.4, 0.5) is 8.78 Å². The predicted octanol–water partition coefficient (Wildman–Crippen LogP) is 4.33. The zero-order chi connectivity index (χ0) is 14.7. The van der Waals surface area contributed by atoms with Gasteiger partial charge >= 0.3 is 0 Å². The molecule has 2 aromatic rings. The van der Waals surface area contributed by atoms with Crippen LogP contribution in [-0.2, 0) is 6.61 Å². The minimum atomic E-state index is -0.416. The number of ether oxygens (including phenoxy) is 1. The van der Waals surface area contributed by atoms with E-state index in [9.17, 15) is 8.78 Å². The Morgan fingerprint density at radius 3 is 2.60 bits per heavy atom. The molecule has 2 aromatic carbocycles. The number of rotatable bonds is 4. The highest BCUT2D eigenvalue weighted by Gasteiger charge is 2.11. The second-order valence-corrected chi connectivity index (χ2v) is 5.41. The van der Waals surface area contributed by atoms with Crippen LogP contribution in [0.3, 0.4) is 0 Å². The van der Waals surface area contributed by atoms with E-state index in [2.05, 4.69) is 15.9 Å². The fourth-order valence-electron chi connectivity index (χ4n) is 1.80. The zero-order valence-corrected chi connectivity index (χ0v) is 12.5. The fraction of sp³-hybridized carbons (Fsp3) is 0.200. The molecule has 0 fully saturated rings. The SMILES string of the molecule is CC(N)c1ccc(F)cc1OCc1ccc(Br)cc1F. The molecule has 106 valence electrons. The summed E-state index contributed by atoms with van der Waals surface area (Å²) in [4.78, 5) is 0. The molecule has 0 radical (unpaired) electrons. The molecule has 0 spiro atoms. The molecule has 0 amide bonds. The van der Waals surface area contributed by atoms with Crippen LogP contribution in [0.25, 0.3) is 0 Å². The lowest BCUT2D eigenvalue weighted by Gasteiger charge is -2.14. The monoisotopic (exact) mass is 341 g/mol. The first-order valence-corrected chi connectivity index (χ1v) is 6.88. The Morgan fingerprint density at radius 2 is 1.95 bits per heavy atom. The quantitative estimate of drug-likeness (QED) is 0.898. The standard InChI is InChI=1S/C15H14BrF2NO/c1-9(19)13-5-4-12(17)7-15(13)20-8-10-2-3-11(16)6-14(10)18/h2-7,9H,8,19H2,1H3. The van der Waals surface area contributed by atoms with Gasteiger partial charge < -0.3 is 10.5 Å². The highest BCUT2D eigenvalue weighted by molar-refractivity contribution is 9.10. The first kappa shape index (κ1) is 14.9. The lowest BCUT2D eigenvalue weighted by molar-refractivity contribution is 0.294. The van der Waals surface area contributed by atoms with Crippen LogP contribution in [0.2, 0.25) is 0 Å². The van der Waals surface area contributed by atoms with Gasteiger partial charge in [0.1, 0.15) is 24.0 Å². The van der Waals surface area contributed by atoms with E-state index in [1.54, 1.807) is 25.1 Å². The molecule has 1 atom stereocenters. The summed E-state index contributed by atoms with van der Waals surface area (Å²) in [6.45, 7) is 1.79. The zero-order valence-electron chi connectivity index (χ0n) is 10.9. The van der Waals surface area contributed by atoms with Crippen molar-refractivity contribution >= 4 is 15.9 Å². The maximum atomic E-state index is 13.7. The van der Waals surface area contributed by atoms with Crippen molar-refractivity contribution in [2.45, 2.75) is 19.6 Å². The summed E-state index contributed by atoms with van der Waals surface area (Å²) in [5, 5.41) is 0. The Bertz CT molecular complexity index is 617. The average Bonchev–Trinajstić information content (AvgIpc) is 2.37. The molecule has 2 N–H and O–H groups in total. The third-order valence-corrected chi connectivity index (χ3v) is 3.36. The van der Waals surface area contributed by atoms with E-state index in [0.29, 0.717) is 21.3 Å². The maximum absolute atomic E-state index is 13.7. The van der Waals surface area contributed by atoms with E-state index >= 15 is 0 Å². The number of hydrogen-bond acceptors (Lipinski definition) is 2. The second kappa shape index (κ2) is 6.33. The molecule has 2 rings (SSSR count). The van der Waals surface area contributed by atoms with Crippen LogP contribution >= 0.6 is 15.9 Å². The van der Waals surface area contributed by atoms with Gasteiger partial charge in [-0.3, -0.25) is 0 Å². The van der Waals surface area contributed by atoms with Crippen LogP contribution in [0.5, 0.6) is 5.75 Å². The van der Waals surface area contributed by atoms with Gasteiger partial charge in [0.25, 0.3) is 0 Å².